The SMILES string of the molecule is C/C(OF)=C1\C(=O)Nc2cc(O)c(-c3ccc(C4CCCCC4)cc3)cc21. The Balaban J connectivity index is 1.71. The highest BCUT2D eigenvalue weighted by Crippen LogP contribution is 2.42. The largest absolute Gasteiger partial charge is 0.507 e. The van der Waals surface area contributed by atoms with E-state index in [4.69, 9.17) is 0 Å². The van der Waals surface area contributed by atoms with Gasteiger partial charge in [-0.1, -0.05) is 43.5 Å². The number of allylic oxidation sites excluding steroid dienone is 1. The molecule has 2 N–H and O–H groups in total. The first-order valence-corrected chi connectivity index (χ1v) is 9.37. The van der Waals surface area contributed by atoms with Crippen LogP contribution in [-0.2, 0) is 9.74 Å². The number of carbonyl (C=O) groups excluding carboxylic acids is 1. The summed E-state index contributed by atoms with van der Waals surface area (Å²) in [5.41, 5.74) is 3.91. The summed E-state index contributed by atoms with van der Waals surface area (Å²) in [5.74, 6) is 0.140. The van der Waals surface area contributed by atoms with Crippen molar-refractivity contribution in [2.45, 2.75) is 44.9 Å². The van der Waals surface area contributed by atoms with Crippen LogP contribution in [0.25, 0.3) is 16.7 Å². The summed E-state index contributed by atoms with van der Waals surface area (Å²) < 4.78 is 12.6. The molecule has 0 radical (unpaired) electrons. The van der Waals surface area contributed by atoms with Gasteiger partial charge in [0.25, 0.3) is 5.91 Å². The monoisotopic (exact) mass is 367 g/mol. The number of benzene rings is 2. The molecule has 0 spiro atoms. The molecular weight excluding hydrogens is 345 g/mol. The number of phenols is 1. The van der Waals surface area contributed by atoms with E-state index in [0.29, 0.717) is 22.7 Å². The lowest BCUT2D eigenvalue weighted by Gasteiger charge is -2.22. The predicted molar refractivity (Wildman–Crippen MR) is 103 cm³/mol. The van der Waals surface area contributed by atoms with Crippen LogP contribution >= 0.6 is 0 Å². The lowest BCUT2D eigenvalue weighted by Crippen LogP contribution is -2.05. The van der Waals surface area contributed by atoms with Crippen molar-refractivity contribution in [3.05, 3.63) is 53.3 Å². The number of aromatic hydroxyl groups is 1. The molecule has 0 aromatic heterocycles. The maximum atomic E-state index is 12.6. The van der Waals surface area contributed by atoms with Gasteiger partial charge < -0.3 is 10.4 Å². The van der Waals surface area contributed by atoms with Crippen LogP contribution in [0.1, 0.15) is 56.1 Å². The molecule has 0 unspecified atom stereocenters. The predicted octanol–water partition coefficient (Wildman–Crippen LogP) is 5.69. The second-order valence-corrected chi connectivity index (χ2v) is 7.33. The topological polar surface area (TPSA) is 58.6 Å². The minimum absolute atomic E-state index is 0.0690. The molecule has 4 rings (SSSR count). The normalized spacial score (nSPS) is 18.8. The van der Waals surface area contributed by atoms with Gasteiger partial charge in [-0.3, -0.25) is 9.74 Å². The first kappa shape index (κ1) is 17.6. The zero-order valence-electron chi connectivity index (χ0n) is 15.2. The number of carbonyl (C=O) groups is 1. The smallest absolute Gasteiger partial charge is 0.259 e. The van der Waals surface area contributed by atoms with E-state index in [1.165, 1.54) is 50.7 Å². The second-order valence-electron chi connectivity index (χ2n) is 7.33. The molecule has 0 saturated heterocycles. The Bertz CT molecular complexity index is 912. The van der Waals surface area contributed by atoms with E-state index in [2.05, 4.69) is 22.4 Å². The summed E-state index contributed by atoms with van der Waals surface area (Å²) in [6.07, 6.45) is 6.35. The van der Waals surface area contributed by atoms with Crippen molar-refractivity contribution in [3.8, 4) is 16.9 Å². The third kappa shape index (κ3) is 3.18. The van der Waals surface area contributed by atoms with E-state index in [-0.39, 0.29) is 17.1 Å². The number of amides is 1. The van der Waals surface area contributed by atoms with Gasteiger partial charge in [-0.05, 0) is 42.9 Å². The summed E-state index contributed by atoms with van der Waals surface area (Å²) in [6.45, 7) is 1.40. The molecule has 1 aliphatic carbocycles. The molecule has 2 aromatic rings. The van der Waals surface area contributed by atoms with E-state index >= 15 is 0 Å². The third-order valence-corrected chi connectivity index (χ3v) is 5.65. The quantitative estimate of drug-likeness (QED) is 0.541. The van der Waals surface area contributed by atoms with E-state index in [0.717, 1.165) is 5.56 Å². The van der Waals surface area contributed by atoms with Crippen molar-refractivity contribution in [2.75, 3.05) is 5.32 Å². The molecule has 1 aliphatic heterocycles. The number of fused-ring (bicyclic) bond motifs is 1. The molecule has 4 nitrogen and oxygen atoms in total. The van der Waals surface area contributed by atoms with Crippen molar-refractivity contribution >= 4 is 17.2 Å². The molecule has 0 bridgehead atoms. The number of nitrogens with one attached hydrogen (secondary N) is 1. The molecule has 2 aliphatic rings. The number of hydrogen-bond donors (Lipinski definition) is 2. The van der Waals surface area contributed by atoms with Gasteiger partial charge in [-0.15, -0.1) is 0 Å². The lowest BCUT2D eigenvalue weighted by atomic mass is 9.83. The lowest BCUT2D eigenvalue weighted by molar-refractivity contribution is -0.112. The van der Waals surface area contributed by atoms with Gasteiger partial charge in [0.15, 0.2) is 5.76 Å². The van der Waals surface area contributed by atoms with Gasteiger partial charge in [0.2, 0.25) is 0 Å². The van der Waals surface area contributed by atoms with Crippen LogP contribution in [0.4, 0.5) is 10.2 Å². The van der Waals surface area contributed by atoms with Crippen LogP contribution in [0.5, 0.6) is 5.75 Å². The average molecular weight is 367 g/mol. The molecular formula is C22H22FNO3. The van der Waals surface area contributed by atoms with Gasteiger partial charge in [-0.25, -0.2) is 0 Å². The Morgan fingerprint density at radius 1 is 1.11 bits per heavy atom. The highest BCUT2D eigenvalue weighted by atomic mass is 19.3. The summed E-state index contributed by atoms with van der Waals surface area (Å²) in [5, 5.41) is 13.1. The summed E-state index contributed by atoms with van der Waals surface area (Å²) >= 11 is 0. The Morgan fingerprint density at radius 2 is 1.81 bits per heavy atom. The number of halogens is 1. The molecule has 27 heavy (non-hydrogen) atoms. The van der Waals surface area contributed by atoms with Crippen molar-refractivity contribution in [1.82, 2.24) is 0 Å². The average Bonchev–Trinajstić information content (AvgIpc) is 3.02. The Labute approximate surface area is 157 Å². The maximum Gasteiger partial charge on any atom is 0.259 e. The minimum Gasteiger partial charge on any atom is -0.507 e. The number of anilines is 1. The Kier molecular flexibility index (Phi) is 4.60. The molecule has 2 aromatic carbocycles. The van der Waals surface area contributed by atoms with E-state index in [9.17, 15) is 14.4 Å². The maximum absolute atomic E-state index is 12.6. The van der Waals surface area contributed by atoms with Crippen LogP contribution in [0.3, 0.4) is 0 Å². The summed E-state index contributed by atoms with van der Waals surface area (Å²) in [7, 11) is 0. The molecule has 140 valence electrons. The highest BCUT2D eigenvalue weighted by molar-refractivity contribution is 6.32. The van der Waals surface area contributed by atoms with E-state index in [1.54, 1.807) is 6.07 Å². The minimum atomic E-state index is -0.440. The fourth-order valence-corrected chi connectivity index (χ4v) is 4.20. The van der Waals surface area contributed by atoms with Gasteiger partial charge in [-0.2, -0.15) is 0 Å². The first-order chi connectivity index (χ1) is 13.1. The molecule has 5 heteroatoms. The summed E-state index contributed by atoms with van der Waals surface area (Å²) in [6, 6.07) is 11.4. The second kappa shape index (κ2) is 7.06. The number of rotatable bonds is 3. The van der Waals surface area contributed by atoms with Crippen LogP contribution in [0, 0.1) is 0 Å². The Morgan fingerprint density at radius 3 is 2.48 bits per heavy atom. The van der Waals surface area contributed by atoms with E-state index in [1.807, 2.05) is 12.1 Å². The van der Waals surface area contributed by atoms with Crippen LogP contribution in [0.15, 0.2) is 42.2 Å². The van der Waals surface area contributed by atoms with Crippen LogP contribution < -0.4 is 5.32 Å². The Hall–Kier alpha value is -2.82. The highest BCUT2D eigenvalue weighted by Gasteiger charge is 2.29. The third-order valence-electron chi connectivity index (χ3n) is 5.65. The van der Waals surface area contributed by atoms with Crippen molar-refractivity contribution in [3.63, 3.8) is 0 Å². The van der Waals surface area contributed by atoms with Crippen molar-refractivity contribution < 1.29 is 19.4 Å². The number of phenolic OH excluding ortho intramolecular Hbond substituents is 1. The fraction of sp³-hybridized carbons (Fsp3) is 0.318. The van der Waals surface area contributed by atoms with Gasteiger partial charge in [0.1, 0.15) is 5.75 Å². The zero-order chi connectivity index (χ0) is 19.0. The first-order valence-electron chi connectivity index (χ1n) is 9.37. The van der Waals surface area contributed by atoms with Crippen molar-refractivity contribution in [1.29, 1.82) is 0 Å². The number of hydrogen-bond acceptors (Lipinski definition) is 3. The molecule has 1 heterocycles. The molecule has 0 atom stereocenters. The van der Waals surface area contributed by atoms with Gasteiger partial charge >= 0.3 is 0 Å². The fourth-order valence-electron chi connectivity index (χ4n) is 4.20. The van der Waals surface area contributed by atoms with E-state index < -0.39 is 5.91 Å². The molecule has 1 saturated carbocycles. The molecule has 1 amide bonds. The van der Waals surface area contributed by atoms with Gasteiger partial charge in [0.05, 0.1) is 11.3 Å². The van der Waals surface area contributed by atoms with Gasteiger partial charge in [0, 0.05) is 21.7 Å². The zero-order valence-corrected chi connectivity index (χ0v) is 15.2. The van der Waals surface area contributed by atoms with Crippen molar-refractivity contribution in [2.24, 2.45) is 0 Å². The van der Waals surface area contributed by atoms with Crippen LogP contribution in [0.2, 0.25) is 0 Å². The standard InChI is InChI=1S/C22H22FNO3/c1-13(27-23)21-18-11-17(20(25)12-19(18)24-22(21)26)16-9-7-15(8-10-16)14-5-3-2-4-6-14/h7-12,14,25H,2-6H2,1H3,(H,24,26)/b21-13+. The summed E-state index contributed by atoms with van der Waals surface area (Å²) in [4.78, 5) is 15.9. The van der Waals surface area contributed by atoms with Crippen LogP contribution in [-0.4, -0.2) is 11.0 Å². The molecule has 1 fully saturated rings.